The van der Waals surface area contributed by atoms with Gasteiger partial charge in [-0.25, -0.2) is 4.98 Å². The van der Waals surface area contributed by atoms with Crippen molar-refractivity contribution in [2.75, 3.05) is 6.54 Å². The molecule has 0 fully saturated rings. The summed E-state index contributed by atoms with van der Waals surface area (Å²) in [6.07, 6.45) is 5.49. The second-order valence-corrected chi connectivity index (χ2v) is 4.73. The zero-order chi connectivity index (χ0) is 11.4. The van der Waals surface area contributed by atoms with Crippen LogP contribution in [0.4, 0.5) is 0 Å². The van der Waals surface area contributed by atoms with Gasteiger partial charge in [-0.15, -0.1) is 11.3 Å². The van der Waals surface area contributed by atoms with Crippen LogP contribution in [-0.2, 0) is 6.54 Å². The highest BCUT2D eigenvalue weighted by Crippen LogP contribution is 2.10. The number of hydrogen-bond acceptors (Lipinski definition) is 4. The number of fused-ring (bicyclic) bond motifs is 1. The Morgan fingerprint density at radius 1 is 1.62 bits per heavy atom. The van der Waals surface area contributed by atoms with Crippen molar-refractivity contribution in [3.63, 3.8) is 0 Å². The minimum absolute atomic E-state index is 0.182. The van der Waals surface area contributed by atoms with Crippen LogP contribution >= 0.6 is 11.3 Å². The molecule has 1 atom stereocenters. The van der Waals surface area contributed by atoms with Crippen LogP contribution in [-0.4, -0.2) is 27.1 Å². The molecule has 0 aromatic carbocycles. The number of aliphatic hydroxyl groups excluding tert-OH is 1. The molecule has 0 spiro atoms. The fraction of sp³-hybridized carbons (Fsp3) is 0.545. The molecule has 4 nitrogen and oxygen atoms in total. The molecule has 0 radical (unpaired) electrons. The molecule has 88 valence electrons. The van der Waals surface area contributed by atoms with Crippen LogP contribution in [0.15, 0.2) is 17.8 Å². The van der Waals surface area contributed by atoms with Crippen LogP contribution in [0, 0.1) is 0 Å². The second-order valence-electron chi connectivity index (χ2n) is 3.85. The third kappa shape index (κ3) is 2.81. The summed E-state index contributed by atoms with van der Waals surface area (Å²) in [7, 11) is 0. The van der Waals surface area contributed by atoms with Gasteiger partial charge in [0, 0.05) is 24.3 Å². The van der Waals surface area contributed by atoms with Crippen LogP contribution in [0.5, 0.6) is 0 Å². The first kappa shape index (κ1) is 11.6. The molecule has 0 aliphatic rings. The average molecular weight is 239 g/mol. The Balaban J connectivity index is 1.76. The summed E-state index contributed by atoms with van der Waals surface area (Å²) in [6, 6.07) is 0. The predicted octanol–water partition coefficient (Wildman–Crippen LogP) is 1.65. The molecule has 0 saturated carbocycles. The van der Waals surface area contributed by atoms with E-state index in [9.17, 15) is 5.11 Å². The lowest BCUT2D eigenvalue weighted by Crippen LogP contribution is -2.19. The van der Waals surface area contributed by atoms with Crippen molar-refractivity contribution in [3.8, 4) is 0 Å². The normalized spacial score (nSPS) is 13.4. The standard InChI is InChI=1S/C11H17N3OS/c1-2-10(15)3-4-12-7-9-8-14-5-6-16-11(14)13-9/h5-6,8,10,12,15H,2-4,7H2,1H3. The summed E-state index contributed by atoms with van der Waals surface area (Å²) in [5, 5.41) is 14.7. The van der Waals surface area contributed by atoms with Crippen LogP contribution in [0.3, 0.4) is 0 Å². The molecule has 2 rings (SSSR count). The number of rotatable bonds is 6. The third-order valence-electron chi connectivity index (χ3n) is 2.57. The van der Waals surface area contributed by atoms with E-state index in [2.05, 4.69) is 10.3 Å². The first-order valence-electron chi connectivity index (χ1n) is 5.59. The quantitative estimate of drug-likeness (QED) is 0.754. The van der Waals surface area contributed by atoms with Crippen molar-refractivity contribution >= 4 is 16.3 Å². The van der Waals surface area contributed by atoms with Gasteiger partial charge in [-0.05, 0) is 19.4 Å². The maximum atomic E-state index is 9.38. The largest absolute Gasteiger partial charge is 0.393 e. The number of aromatic nitrogens is 2. The highest BCUT2D eigenvalue weighted by molar-refractivity contribution is 7.15. The molecule has 1 unspecified atom stereocenters. The van der Waals surface area contributed by atoms with E-state index in [4.69, 9.17) is 0 Å². The maximum Gasteiger partial charge on any atom is 0.193 e. The van der Waals surface area contributed by atoms with Gasteiger partial charge in [0.2, 0.25) is 0 Å². The van der Waals surface area contributed by atoms with Crippen molar-refractivity contribution in [2.24, 2.45) is 0 Å². The summed E-state index contributed by atoms with van der Waals surface area (Å²) in [5.41, 5.74) is 1.05. The molecule has 2 aromatic heterocycles. The molecular formula is C11H17N3OS. The lowest BCUT2D eigenvalue weighted by molar-refractivity contribution is 0.159. The van der Waals surface area contributed by atoms with E-state index in [1.165, 1.54) is 0 Å². The number of thiazole rings is 1. The summed E-state index contributed by atoms with van der Waals surface area (Å²) in [5.74, 6) is 0. The van der Waals surface area contributed by atoms with E-state index in [1.807, 2.05) is 29.1 Å². The predicted molar refractivity (Wildman–Crippen MR) is 65.7 cm³/mol. The smallest absolute Gasteiger partial charge is 0.193 e. The van der Waals surface area contributed by atoms with E-state index in [0.29, 0.717) is 0 Å². The number of aliphatic hydroxyl groups is 1. The van der Waals surface area contributed by atoms with Crippen molar-refractivity contribution in [1.82, 2.24) is 14.7 Å². The molecule has 2 heterocycles. The van der Waals surface area contributed by atoms with Gasteiger partial charge in [0.25, 0.3) is 0 Å². The lowest BCUT2D eigenvalue weighted by Gasteiger charge is -2.07. The molecule has 16 heavy (non-hydrogen) atoms. The lowest BCUT2D eigenvalue weighted by atomic mass is 10.2. The van der Waals surface area contributed by atoms with E-state index in [1.54, 1.807) is 11.3 Å². The van der Waals surface area contributed by atoms with E-state index >= 15 is 0 Å². The Labute approximate surface area is 98.9 Å². The minimum atomic E-state index is -0.182. The molecular weight excluding hydrogens is 222 g/mol. The molecule has 0 aliphatic heterocycles. The summed E-state index contributed by atoms with van der Waals surface area (Å²) < 4.78 is 2.03. The van der Waals surface area contributed by atoms with Gasteiger partial charge in [0.1, 0.15) is 0 Å². The molecule has 0 saturated heterocycles. The van der Waals surface area contributed by atoms with Crippen LogP contribution in [0.2, 0.25) is 0 Å². The molecule has 5 heteroatoms. The monoisotopic (exact) mass is 239 g/mol. The van der Waals surface area contributed by atoms with E-state index < -0.39 is 0 Å². The molecule has 2 N–H and O–H groups in total. The topological polar surface area (TPSA) is 49.6 Å². The van der Waals surface area contributed by atoms with Gasteiger partial charge in [-0.2, -0.15) is 0 Å². The highest BCUT2D eigenvalue weighted by atomic mass is 32.1. The third-order valence-corrected chi connectivity index (χ3v) is 3.35. The Morgan fingerprint density at radius 2 is 2.50 bits per heavy atom. The number of nitrogens with zero attached hydrogens (tertiary/aromatic N) is 2. The van der Waals surface area contributed by atoms with Crippen molar-refractivity contribution in [3.05, 3.63) is 23.5 Å². The van der Waals surface area contributed by atoms with Gasteiger partial charge in [0.05, 0.1) is 11.8 Å². The Bertz CT molecular complexity index is 409. The number of imidazole rings is 1. The Hall–Kier alpha value is -0.910. The van der Waals surface area contributed by atoms with E-state index in [-0.39, 0.29) is 6.10 Å². The Kier molecular flexibility index (Phi) is 3.93. The van der Waals surface area contributed by atoms with Crippen molar-refractivity contribution in [2.45, 2.75) is 32.4 Å². The minimum Gasteiger partial charge on any atom is -0.393 e. The first-order chi connectivity index (χ1) is 7.79. The number of nitrogens with one attached hydrogen (secondary N) is 1. The summed E-state index contributed by atoms with van der Waals surface area (Å²) >= 11 is 1.64. The number of hydrogen-bond donors (Lipinski definition) is 2. The van der Waals surface area contributed by atoms with Crippen LogP contribution < -0.4 is 5.32 Å². The van der Waals surface area contributed by atoms with Crippen LogP contribution in [0.25, 0.3) is 4.96 Å². The van der Waals surface area contributed by atoms with Gasteiger partial charge >= 0.3 is 0 Å². The molecule has 2 aromatic rings. The molecule has 0 aliphatic carbocycles. The first-order valence-corrected chi connectivity index (χ1v) is 6.47. The molecule has 0 bridgehead atoms. The molecule has 0 amide bonds. The van der Waals surface area contributed by atoms with Crippen molar-refractivity contribution in [1.29, 1.82) is 0 Å². The summed E-state index contributed by atoms with van der Waals surface area (Å²) in [4.78, 5) is 5.50. The van der Waals surface area contributed by atoms with E-state index in [0.717, 1.165) is 36.6 Å². The Morgan fingerprint density at radius 3 is 3.25 bits per heavy atom. The fourth-order valence-electron chi connectivity index (χ4n) is 1.55. The zero-order valence-corrected chi connectivity index (χ0v) is 10.2. The zero-order valence-electron chi connectivity index (χ0n) is 9.39. The van der Waals surface area contributed by atoms with Gasteiger partial charge in [-0.1, -0.05) is 6.92 Å². The fourth-order valence-corrected chi connectivity index (χ4v) is 2.27. The highest BCUT2D eigenvalue weighted by Gasteiger charge is 2.03. The SMILES string of the molecule is CCC(O)CCNCc1cn2ccsc2n1. The van der Waals surface area contributed by atoms with Crippen LogP contribution in [0.1, 0.15) is 25.5 Å². The average Bonchev–Trinajstić information content (AvgIpc) is 2.84. The van der Waals surface area contributed by atoms with Gasteiger partial charge in [0.15, 0.2) is 4.96 Å². The van der Waals surface area contributed by atoms with Gasteiger partial charge in [-0.3, -0.25) is 4.40 Å². The second kappa shape index (κ2) is 5.43. The summed E-state index contributed by atoms with van der Waals surface area (Å²) in [6.45, 7) is 3.60. The maximum absolute atomic E-state index is 9.38. The van der Waals surface area contributed by atoms with Gasteiger partial charge < -0.3 is 10.4 Å². The van der Waals surface area contributed by atoms with Crippen molar-refractivity contribution < 1.29 is 5.11 Å².